The second-order valence-corrected chi connectivity index (χ2v) is 1.19. The molecule has 4 nitrogen and oxygen atoms in total. The zero-order valence-electron chi connectivity index (χ0n) is 3.96. The van der Waals surface area contributed by atoms with Gasteiger partial charge in [0.2, 0.25) is 0 Å². The fourth-order valence-corrected chi connectivity index (χ4v) is 0.0645. The first-order valence-corrected chi connectivity index (χ1v) is 1.89. The smallest absolute Gasteiger partial charge is 0.306 e. The summed E-state index contributed by atoms with van der Waals surface area (Å²) in [5.41, 5.74) is 0. The molecule has 44 valence electrons. The Morgan fingerprint density at radius 2 is 2.00 bits per heavy atom. The number of hydrogen-bond donors (Lipinski definition) is 3. The fourth-order valence-electron chi connectivity index (χ4n) is 0.0645. The summed E-state index contributed by atoms with van der Waals surface area (Å²) in [6.07, 6.45) is -0.0660. The van der Waals surface area contributed by atoms with Crippen LogP contribution in [-0.4, -0.2) is 21.4 Å². The Morgan fingerprint density at radius 3 is 2.00 bits per heavy atom. The van der Waals surface area contributed by atoms with Crippen LogP contribution in [0.2, 0.25) is 0 Å². The molecule has 0 aromatic heterocycles. The van der Waals surface area contributed by atoms with Gasteiger partial charge in [-0.1, -0.05) is 6.92 Å². The van der Waals surface area contributed by atoms with Crippen LogP contribution in [0, 0.1) is 0 Å². The largest absolute Gasteiger partial charge is 0.342 e. The lowest BCUT2D eigenvalue weighted by molar-refractivity contribution is -0.469. The first-order chi connectivity index (χ1) is 3.12. The third-order valence-corrected chi connectivity index (χ3v) is 0.607. The van der Waals surface area contributed by atoms with Gasteiger partial charge in [-0.2, -0.15) is 4.89 Å². The van der Waals surface area contributed by atoms with Crippen LogP contribution in [0.4, 0.5) is 0 Å². The zero-order chi connectivity index (χ0) is 5.91. The Labute approximate surface area is 40.9 Å². The van der Waals surface area contributed by atoms with E-state index in [1.165, 1.54) is 6.92 Å². The van der Waals surface area contributed by atoms with E-state index < -0.39 is 5.97 Å². The third kappa shape index (κ3) is 2.52. The van der Waals surface area contributed by atoms with Gasteiger partial charge < -0.3 is 10.2 Å². The van der Waals surface area contributed by atoms with Crippen molar-refractivity contribution in [1.29, 1.82) is 0 Å². The van der Waals surface area contributed by atoms with Crippen LogP contribution in [0.25, 0.3) is 0 Å². The van der Waals surface area contributed by atoms with Crippen molar-refractivity contribution < 1.29 is 20.4 Å². The quantitative estimate of drug-likeness (QED) is 0.254. The summed E-state index contributed by atoms with van der Waals surface area (Å²) in [4.78, 5) is 3.20. The molecular formula is C3H8O4. The molecule has 0 rings (SSSR count). The zero-order valence-corrected chi connectivity index (χ0v) is 3.96. The number of aliphatic hydroxyl groups is 2. The van der Waals surface area contributed by atoms with Gasteiger partial charge in [-0.3, -0.25) is 0 Å². The topological polar surface area (TPSA) is 69.9 Å². The summed E-state index contributed by atoms with van der Waals surface area (Å²) in [6, 6.07) is 0. The van der Waals surface area contributed by atoms with Gasteiger partial charge in [-0.05, 0) is 0 Å². The monoisotopic (exact) mass is 108 g/mol. The summed E-state index contributed by atoms with van der Waals surface area (Å²) in [6.45, 7) is 1.45. The standard InChI is InChI=1S/C3H8O4/c1-2-3(4,5)7-6/h4-6H,2H2,1H3. The van der Waals surface area contributed by atoms with E-state index in [9.17, 15) is 0 Å². The molecular weight excluding hydrogens is 100 g/mol. The molecule has 4 heteroatoms. The van der Waals surface area contributed by atoms with E-state index in [1.807, 2.05) is 0 Å². The summed E-state index contributed by atoms with van der Waals surface area (Å²) >= 11 is 0. The van der Waals surface area contributed by atoms with Gasteiger partial charge in [0.1, 0.15) is 0 Å². The van der Waals surface area contributed by atoms with Crippen LogP contribution in [0.3, 0.4) is 0 Å². The number of rotatable bonds is 2. The lowest BCUT2D eigenvalue weighted by atomic mass is 10.4. The maximum absolute atomic E-state index is 8.22. The van der Waals surface area contributed by atoms with Crippen LogP contribution in [0.15, 0.2) is 0 Å². The Hall–Kier alpha value is -0.160. The molecule has 0 bridgehead atoms. The van der Waals surface area contributed by atoms with Crippen molar-refractivity contribution in [1.82, 2.24) is 0 Å². The van der Waals surface area contributed by atoms with Crippen LogP contribution in [-0.2, 0) is 4.89 Å². The van der Waals surface area contributed by atoms with E-state index in [2.05, 4.69) is 4.89 Å². The molecule has 7 heavy (non-hydrogen) atoms. The molecule has 0 aromatic carbocycles. The highest BCUT2D eigenvalue weighted by molar-refractivity contribution is 4.38. The van der Waals surface area contributed by atoms with Gasteiger partial charge in [0.25, 0.3) is 0 Å². The van der Waals surface area contributed by atoms with E-state index in [-0.39, 0.29) is 6.42 Å². The Balaban J connectivity index is 3.36. The molecule has 0 aliphatic rings. The minimum Gasteiger partial charge on any atom is -0.342 e. The SMILES string of the molecule is CCC(O)(O)OO. The van der Waals surface area contributed by atoms with E-state index >= 15 is 0 Å². The molecule has 0 spiro atoms. The second-order valence-electron chi connectivity index (χ2n) is 1.19. The fraction of sp³-hybridized carbons (Fsp3) is 1.00. The maximum Gasteiger partial charge on any atom is 0.306 e. The molecule has 0 atom stereocenters. The Bertz CT molecular complexity index is 44.9. The first kappa shape index (κ1) is 6.84. The van der Waals surface area contributed by atoms with E-state index in [0.717, 1.165) is 0 Å². The Morgan fingerprint density at radius 1 is 1.57 bits per heavy atom. The summed E-state index contributed by atoms with van der Waals surface area (Å²) in [5, 5.41) is 24.0. The molecule has 0 radical (unpaired) electrons. The highest BCUT2D eigenvalue weighted by atomic mass is 17.2. The third-order valence-electron chi connectivity index (χ3n) is 0.607. The van der Waals surface area contributed by atoms with Gasteiger partial charge in [0, 0.05) is 6.42 Å². The minimum atomic E-state index is -2.36. The van der Waals surface area contributed by atoms with Gasteiger partial charge in [0.15, 0.2) is 0 Å². The van der Waals surface area contributed by atoms with Crippen molar-refractivity contribution in [3.05, 3.63) is 0 Å². The van der Waals surface area contributed by atoms with Crippen molar-refractivity contribution in [2.24, 2.45) is 0 Å². The van der Waals surface area contributed by atoms with Gasteiger partial charge in [-0.25, -0.2) is 5.26 Å². The molecule has 0 unspecified atom stereocenters. The van der Waals surface area contributed by atoms with Crippen LogP contribution in [0.5, 0.6) is 0 Å². The van der Waals surface area contributed by atoms with E-state index in [0.29, 0.717) is 0 Å². The maximum atomic E-state index is 8.22. The summed E-state index contributed by atoms with van der Waals surface area (Å²) < 4.78 is 0. The average molecular weight is 108 g/mol. The molecule has 0 heterocycles. The van der Waals surface area contributed by atoms with Crippen molar-refractivity contribution in [2.45, 2.75) is 19.3 Å². The Kier molecular flexibility index (Phi) is 2.17. The predicted molar refractivity (Wildman–Crippen MR) is 21.2 cm³/mol. The lowest BCUT2D eigenvalue weighted by Crippen LogP contribution is -2.28. The molecule has 0 aromatic rings. The van der Waals surface area contributed by atoms with Crippen molar-refractivity contribution in [3.63, 3.8) is 0 Å². The van der Waals surface area contributed by atoms with Crippen LogP contribution < -0.4 is 0 Å². The molecule has 3 N–H and O–H groups in total. The summed E-state index contributed by atoms with van der Waals surface area (Å²) in [7, 11) is 0. The van der Waals surface area contributed by atoms with Crippen molar-refractivity contribution >= 4 is 0 Å². The molecule has 0 saturated carbocycles. The predicted octanol–water partition coefficient (Wildman–Crippen LogP) is -0.476. The van der Waals surface area contributed by atoms with Gasteiger partial charge in [-0.15, -0.1) is 0 Å². The normalized spacial score (nSPS) is 12.0. The lowest BCUT2D eigenvalue weighted by Gasteiger charge is -2.12. The molecule has 0 aliphatic heterocycles. The van der Waals surface area contributed by atoms with Gasteiger partial charge in [0.05, 0.1) is 0 Å². The van der Waals surface area contributed by atoms with Crippen molar-refractivity contribution in [3.8, 4) is 0 Å². The number of hydrogen-bond acceptors (Lipinski definition) is 4. The van der Waals surface area contributed by atoms with E-state index in [4.69, 9.17) is 15.5 Å². The first-order valence-electron chi connectivity index (χ1n) is 1.89. The molecule has 0 amide bonds. The highest BCUT2D eigenvalue weighted by Gasteiger charge is 2.19. The molecule has 0 aliphatic carbocycles. The average Bonchev–Trinajstić information content (AvgIpc) is 1.68. The second kappa shape index (κ2) is 2.23. The van der Waals surface area contributed by atoms with Crippen molar-refractivity contribution in [2.75, 3.05) is 0 Å². The van der Waals surface area contributed by atoms with Crippen LogP contribution >= 0.6 is 0 Å². The van der Waals surface area contributed by atoms with E-state index in [1.54, 1.807) is 0 Å². The molecule has 0 fully saturated rings. The summed E-state index contributed by atoms with van der Waals surface area (Å²) in [5.74, 6) is -2.36. The highest BCUT2D eigenvalue weighted by Crippen LogP contribution is 2.02. The van der Waals surface area contributed by atoms with Crippen LogP contribution in [0.1, 0.15) is 13.3 Å². The van der Waals surface area contributed by atoms with Gasteiger partial charge >= 0.3 is 5.97 Å². The minimum absolute atomic E-state index is 0.0660. The molecule has 0 saturated heterocycles.